The van der Waals surface area contributed by atoms with Crippen LogP contribution in [0.4, 0.5) is 0 Å². The number of amides is 1. The van der Waals surface area contributed by atoms with Crippen LogP contribution in [0.1, 0.15) is 43.4 Å². The van der Waals surface area contributed by atoms with Gasteiger partial charge < -0.3 is 10.3 Å². The van der Waals surface area contributed by atoms with Crippen LogP contribution in [0.2, 0.25) is 0 Å². The maximum absolute atomic E-state index is 12.5. The van der Waals surface area contributed by atoms with Crippen LogP contribution in [0, 0.1) is 5.92 Å². The van der Waals surface area contributed by atoms with Gasteiger partial charge in [-0.15, -0.1) is 0 Å². The van der Waals surface area contributed by atoms with Crippen molar-refractivity contribution in [3.05, 3.63) is 66.1 Å². The fourth-order valence-electron chi connectivity index (χ4n) is 4.94. The molecule has 0 bridgehead atoms. The van der Waals surface area contributed by atoms with Gasteiger partial charge in [-0.1, -0.05) is 24.3 Å². The molecule has 2 N–H and O–H groups in total. The smallest absolute Gasteiger partial charge is 0.220 e. The number of carbonyl (C=O) groups is 1. The van der Waals surface area contributed by atoms with E-state index >= 15 is 0 Å². The molecule has 0 spiro atoms. The number of hydrogen-bond acceptors (Lipinski definition) is 3. The summed E-state index contributed by atoms with van der Waals surface area (Å²) in [6.07, 6.45) is 9.62. The van der Waals surface area contributed by atoms with Crippen LogP contribution in [-0.2, 0) is 16.8 Å². The first-order chi connectivity index (χ1) is 14.6. The zero-order chi connectivity index (χ0) is 21.0. The predicted octanol–water partition coefficient (Wildman–Crippen LogP) is 4.26. The Hall–Kier alpha value is -2.66. The van der Waals surface area contributed by atoms with Crippen molar-refractivity contribution in [2.45, 2.75) is 44.1 Å². The predicted molar refractivity (Wildman–Crippen MR) is 121 cm³/mol. The van der Waals surface area contributed by atoms with Gasteiger partial charge in [-0.05, 0) is 75.9 Å². The second kappa shape index (κ2) is 9.00. The van der Waals surface area contributed by atoms with Gasteiger partial charge in [0.05, 0.1) is 11.2 Å². The zero-order valence-electron chi connectivity index (χ0n) is 18.0. The molecule has 5 heteroatoms. The largest absolute Gasteiger partial charge is 0.361 e. The van der Waals surface area contributed by atoms with Gasteiger partial charge in [-0.2, -0.15) is 0 Å². The first kappa shape index (κ1) is 20.6. The van der Waals surface area contributed by atoms with Crippen molar-refractivity contribution >= 4 is 16.8 Å². The van der Waals surface area contributed by atoms with Crippen LogP contribution >= 0.6 is 0 Å². The van der Waals surface area contributed by atoms with Gasteiger partial charge in [0.1, 0.15) is 0 Å². The van der Waals surface area contributed by atoms with E-state index in [-0.39, 0.29) is 11.4 Å². The summed E-state index contributed by atoms with van der Waals surface area (Å²) in [6, 6.07) is 14.5. The molecule has 158 valence electrons. The number of nitrogens with one attached hydrogen (secondary N) is 2. The summed E-state index contributed by atoms with van der Waals surface area (Å²) in [7, 11) is 4.29. The van der Waals surface area contributed by atoms with Crippen molar-refractivity contribution in [1.82, 2.24) is 20.2 Å². The van der Waals surface area contributed by atoms with Crippen molar-refractivity contribution in [1.29, 1.82) is 0 Å². The Morgan fingerprint density at radius 1 is 1.17 bits per heavy atom. The standard InChI is InChI=1S/C25H32N4O/c1-29(2)25(23-9-5-6-15-26-23)13-10-19(11-14-25)17-24(30)27-16-12-20-18-28-22-8-4-3-7-21(20)22/h3-9,15,18-19,28H,10-14,16-17H2,1-2H3,(H,27,30). The van der Waals surface area contributed by atoms with Crippen LogP contribution in [0.3, 0.4) is 0 Å². The Labute approximate surface area is 178 Å². The van der Waals surface area contributed by atoms with Crippen molar-refractivity contribution in [2.24, 2.45) is 5.92 Å². The third-order valence-electron chi connectivity index (χ3n) is 6.80. The third-order valence-corrected chi connectivity index (χ3v) is 6.80. The van der Waals surface area contributed by atoms with E-state index in [2.05, 4.69) is 70.8 Å². The topological polar surface area (TPSA) is 61.0 Å². The maximum Gasteiger partial charge on any atom is 0.220 e. The van der Waals surface area contributed by atoms with Gasteiger partial charge >= 0.3 is 0 Å². The van der Waals surface area contributed by atoms with Crippen LogP contribution in [-0.4, -0.2) is 41.4 Å². The number of hydrogen-bond donors (Lipinski definition) is 2. The molecular weight excluding hydrogens is 372 g/mol. The number of rotatable bonds is 7. The Morgan fingerprint density at radius 3 is 2.67 bits per heavy atom. The molecule has 1 amide bonds. The van der Waals surface area contributed by atoms with E-state index in [1.54, 1.807) is 0 Å². The average Bonchev–Trinajstić information content (AvgIpc) is 3.18. The molecule has 0 saturated heterocycles. The quantitative estimate of drug-likeness (QED) is 0.619. The summed E-state index contributed by atoms with van der Waals surface area (Å²) in [5.74, 6) is 0.630. The van der Waals surface area contributed by atoms with Crippen molar-refractivity contribution in [3.8, 4) is 0 Å². The van der Waals surface area contributed by atoms with Crippen molar-refractivity contribution < 1.29 is 4.79 Å². The summed E-state index contributed by atoms with van der Waals surface area (Å²) in [5.41, 5.74) is 3.55. The molecule has 0 aliphatic heterocycles. The summed E-state index contributed by atoms with van der Waals surface area (Å²) < 4.78 is 0. The van der Waals surface area contributed by atoms with E-state index in [4.69, 9.17) is 0 Å². The summed E-state index contributed by atoms with van der Waals surface area (Å²) in [5, 5.41) is 4.38. The lowest BCUT2D eigenvalue weighted by Gasteiger charge is -2.44. The molecule has 4 rings (SSSR count). The monoisotopic (exact) mass is 404 g/mol. The second-order valence-electron chi connectivity index (χ2n) is 8.75. The number of aromatic amines is 1. The highest BCUT2D eigenvalue weighted by Gasteiger charge is 2.40. The van der Waals surface area contributed by atoms with Crippen molar-refractivity contribution in [3.63, 3.8) is 0 Å². The van der Waals surface area contributed by atoms with E-state index in [0.717, 1.165) is 43.3 Å². The normalized spacial score (nSPS) is 21.8. The lowest BCUT2D eigenvalue weighted by Crippen LogP contribution is -2.45. The van der Waals surface area contributed by atoms with Crippen LogP contribution in [0.5, 0.6) is 0 Å². The van der Waals surface area contributed by atoms with Gasteiger partial charge in [-0.3, -0.25) is 14.7 Å². The highest BCUT2D eigenvalue weighted by Crippen LogP contribution is 2.43. The molecule has 1 aliphatic rings. The highest BCUT2D eigenvalue weighted by molar-refractivity contribution is 5.83. The first-order valence-electron chi connectivity index (χ1n) is 11.0. The molecular formula is C25H32N4O. The Kier molecular flexibility index (Phi) is 6.18. The molecule has 2 heterocycles. The molecule has 5 nitrogen and oxygen atoms in total. The van der Waals surface area contributed by atoms with Gasteiger partial charge in [0.15, 0.2) is 0 Å². The molecule has 1 fully saturated rings. The van der Waals surface area contributed by atoms with E-state index in [1.807, 2.05) is 18.3 Å². The number of benzene rings is 1. The number of aromatic nitrogens is 2. The molecule has 2 aromatic heterocycles. The lowest BCUT2D eigenvalue weighted by molar-refractivity contribution is -0.122. The summed E-state index contributed by atoms with van der Waals surface area (Å²) in [4.78, 5) is 22.8. The molecule has 0 unspecified atom stereocenters. The van der Waals surface area contributed by atoms with E-state index < -0.39 is 0 Å². The molecule has 0 radical (unpaired) electrons. The fraction of sp³-hybridized carbons (Fsp3) is 0.440. The number of para-hydroxylation sites is 1. The second-order valence-corrected chi connectivity index (χ2v) is 8.75. The van der Waals surface area contributed by atoms with Crippen LogP contribution in [0.25, 0.3) is 10.9 Å². The molecule has 0 atom stereocenters. The number of fused-ring (bicyclic) bond motifs is 1. The molecule has 1 aromatic carbocycles. The van der Waals surface area contributed by atoms with Gasteiger partial charge in [0, 0.05) is 36.3 Å². The van der Waals surface area contributed by atoms with Gasteiger partial charge in [0.2, 0.25) is 5.91 Å². The molecule has 1 saturated carbocycles. The molecule has 3 aromatic rings. The summed E-state index contributed by atoms with van der Waals surface area (Å²) in [6.45, 7) is 0.684. The SMILES string of the molecule is CN(C)C1(c2ccccn2)CCC(CC(=O)NCCc2c[nH]c3ccccc23)CC1. The lowest BCUT2D eigenvalue weighted by atomic mass is 9.72. The van der Waals surface area contributed by atoms with Gasteiger partial charge in [0.25, 0.3) is 0 Å². The van der Waals surface area contributed by atoms with E-state index in [9.17, 15) is 4.79 Å². The zero-order valence-corrected chi connectivity index (χ0v) is 18.0. The third kappa shape index (κ3) is 4.26. The number of H-pyrrole nitrogens is 1. The van der Waals surface area contributed by atoms with E-state index in [1.165, 1.54) is 10.9 Å². The minimum Gasteiger partial charge on any atom is -0.361 e. The Bertz CT molecular complexity index is 971. The number of pyridine rings is 1. The number of carbonyl (C=O) groups excluding carboxylic acids is 1. The molecule has 1 aliphatic carbocycles. The van der Waals surface area contributed by atoms with Crippen LogP contribution < -0.4 is 5.32 Å². The highest BCUT2D eigenvalue weighted by atomic mass is 16.1. The minimum absolute atomic E-state index is 0.0103. The summed E-state index contributed by atoms with van der Waals surface area (Å²) >= 11 is 0. The maximum atomic E-state index is 12.5. The van der Waals surface area contributed by atoms with Crippen LogP contribution in [0.15, 0.2) is 54.9 Å². The first-order valence-corrected chi connectivity index (χ1v) is 11.0. The molecule has 30 heavy (non-hydrogen) atoms. The van der Waals surface area contributed by atoms with Gasteiger partial charge in [-0.25, -0.2) is 0 Å². The number of nitrogens with zero attached hydrogens (tertiary/aromatic N) is 2. The van der Waals surface area contributed by atoms with Crippen molar-refractivity contribution in [2.75, 3.05) is 20.6 Å². The minimum atomic E-state index is -0.0103. The van der Waals surface area contributed by atoms with E-state index in [0.29, 0.717) is 18.9 Å². The average molecular weight is 405 g/mol. The Balaban J connectivity index is 1.27. The Morgan fingerprint density at radius 2 is 1.93 bits per heavy atom. The fourth-order valence-corrected chi connectivity index (χ4v) is 4.94.